The molecule has 0 unspecified atom stereocenters. The SMILES string of the molecule is COC(=O)C1=C2Nc3ccccc3[C@@]23CCN(Cc2ccccc2)[C@H]3C[C@H]1CC1(C)OCCO1. The van der Waals surface area contributed by atoms with Crippen LogP contribution in [0, 0.1) is 5.92 Å². The minimum atomic E-state index is -0.682. The van der Waals surface area contributed by atoms with Crippen LogP contribution >= 0.6 is 0 Å². The Labute approximate surface area is 200 Å². The van der Waals surface area contributed by atoms with E-state index in [4.69, 9.17) is 14.2 Å². The van der Waals surface area contributed by atoms with Crippen molar-refractivity contribution in [1.29, 1.82) is 0 Å². The number of carbonyl (C=O) groups is 1. The summed E-state index contributed by atoms with van der Waals surface area (Å²) in [4.78, 5) is 15.9. The first-order valence-electron chi connectivity index (χ1n) is 12.3. The summed E-state index contributed by atoms with van der Waals surface area (Å²) in [5.74, 6) is -0.957. The zero-order valence-electron chi connectivity index (χ0n) is 19.9. The number of ether oxygens (including phenoxy) is 3. The van der Waals surface area contributed by atoms with E-state index in [9.17, 15) is 4.79 Å². The normalized spacial score (nSPS) is 29.4. The van der Waals surface area contributed by atoms with Crippen LogP contribution in [0.2, 0.25) is 0 Å². The fraction of sp³-hybridized carbons (Fsp3) is 0.464. The first-order valence-corrected chi connectivity index (χ1v) is 12.3. The molecule has 2 saturated heterocycles. The van der Waals surface area contributed by atoms with Crippen molar-refractivity contribution in [3.63, 3.8) is 0 Å². The van der Waals surface area contributed by atoms with Crippen LogP contribution < -0.4 is 5.32 Å². The van der Waals surface area contributed by atoms with Gasteiger partial charge in [-0.1, -0.05) is 48.5 Å². The van der Waals surface area contributed by atoms with Gasteiger partial charge in [0.2, 0.25) is 0 Å². The number of para-hydroxylation sites is 1. The Balaban J connectivity index is 1.47. The molecule has 0 aromatic heterocycles. The van der Waals surface area contributed by atoms with E-state index in [2.05, 4.69) is 64.8 Å². The summed E-state index contributed by atoms with van der Waals surface area (Å²) < 4.78 is 17.3. The molecule has 178 valence electrons. The molecular weight excluding hydrogens is 428 g/mol. The second-order valence-corrected chi connectivity index (χ2v) is 10.1. The van der Waals surface area contributed by atoms with Crippen molar-refractivity contribution in [3.8, 4) is 0 Å². The molecule has 0 saturated carbocycles. The van der Waals surface area contributed by atoms with Gasteiger partial charge in [0.1, 0.15) is 0 Å². The van der Waals surface area contributed by atoms with Crippen molar-refractivity contribution >= 4 is 11.7 Å². The molecule has 1 N–H and O–H groups in total. The fourth-order valence-electron chi connectivity index (χ4n) is 6.86. The van der Waals surface area contributed by atoms with Gasteiger partial charge in [0.25, 0.3) is 0 Å². The topological polar surface area (TPSA) is 60.0 Å². The molecule has 4 aliphatic rings. The molecule has 3 aliphatic heterocycles. The number of likely N-dealkylation sites (tertiary alicyclic amines) is 1. The number of nitrogens with one attached hydrogen (secondary N) is 1. The second kappa shape index (κ2) is 8.22. The van der Waals surface area contributed by atoms with E-state index in [1.807, 2.05) is 6.92 Å². The van der Waals surface area contributed by atoms with Crippen LogP contribution in [0.1, 0.15) is 37.3 Å². The van der Waals surface area contributed by atoms with Gasteiger partial charge in [-0.05, 0) is 42.9 Å². The molecule has 1 spiro atoms. The van der Waals surface area contributed by atoms with Crippen molar-refractivity contribution in [2.24, 2.45) is 5.92 Å². The summed E-state index contributed by atoms with van der Waals surface area (Å²) >= 11 is 0. The summed E-state index contributed by atoms with van der Waals surface area (Å²) in [7, 11) is 1.48. The van der Waals surface area contributed by atoms with Gasteiger partial charge in [-0.2, -0.15) is 0 Å². The summed E-state index contributed by atoms with van der Waals surface area (Å²) in [6.45, 7) is 5.04. The first kappa shape index (κ1) is 21.8. The Hall–Kier alpha value is -2.67. The van der Waals surface area contributed by atoms with Gasteiger partial charge in [0.15, 0.2) is 5.79 Å². The summed E-state index contributed by atoms with van der Waals surface area (Å²) in [6, 6.07) is 19.5. The quantitative estimate of drug-likeness (QED) is 0.674. The lowest BCUT2D eigenvalue weighted by Crippen LogP contribution is -2.50. The van der Waals surface area contributed by atoms with Crippen LogP contribution in [0.5, 0.6) is 0 Å². The number of anilines is 1. The van der Waals surface area contributed by atoms with Gasteiger partial charge in [-0.25, -0.2) is 4.79 Å². The number of carbonyl (C=O) groups excluding carboxylic acids is 1. The highest BCUT2D eigenvalue weighted by Gasteiger charge is 2.60. The van der Waals surface area contributed by atoms with E-state index in [-0.39, 0.29) is 23.3 Å². The Morgan fingerprint density at radius 2 is 1.85 bits per heavy atom. The smallest absolute Gasteiger partial charge is 0.335 e. The second-order valence-electron chi connectivity index (χ2n) is 10.1. The molecule has 0 bridgehead atoms. The van der Waals surface area contributed by atoms with E-state index in [0.29, 0.717) is 19.6 Å². The maximum atomic E-state index is 13.3. The van der Waals surface area contributed by atoms with Gasteiger partial charge in [-0.3, -0.25) is 4.90 Å². The Bertz CT molecular complexity index is 1120. The Morgan fingerprint density at radius 1 is 1.12 bits per heavy atom. The van der Waals surface area contributed by atoms with Crippen molar-refractivity contribution in [1.82, 2.24) is 4.90 Å². The lowest BCUT2D eigenvalue weighted by Gasteiger charge is -2.45. The van der Waals surface area contributed by atoms with Crippen LogP contribution in [0.15, 0.2) is 65.9 Å². The molecule has 0 radical (unpaired) electrons. The highest BCUT2D eigenvalue weighted by atomic mass is 16.7. The highest BCUT2D eigenvalue weighted by Crippen LogP contribution is 2.59. The van der Waals surface area contributed by atoms with E-state index in [1.165, 1.54) is 18.2 Å². The first-order chi connectivity index (χ1) is 16.5. The van der Waals surface area contributed by atoms with Crippen LogP contribution in [-0.4, -0.2) is 49.6 Å². The zero-order chi connectivity index (χ0) is 23.3. The van der Waals surface area contributed by atoms with Crippen LogP contribution in [0.25, 0.3) is 0 Å². The van der Waals surface area contributed by atoms with Crippen molar-refractivity contribution in [2.45, 2.75) is 50.0 Å². The van der Waals surface area contributed by atoms with E-state index >= 15 is 0 Å². The van der Waals surface area contributed by atoms with Crippen molar-refractivity contribution in [3.05, 3.63) is 77.0 Å². The molecule has 34 heavy (non-hydrogen) atoms. The molecule has 6 heteroatoms. The molecule has 6 nitrogen and oxygen atoms in total. The lowest BCUT2D eigenvalue weighted by molar-refractivity contribution is -0.156. The molecule has 2 aromatic rings. The van der Waals surface area contributed by atoms with Crippen molar-refractivity contribution in [2.75, 3.05) is 32.2 Å². The summed E-state index contributed by atoms with van der Waals surface area (Å²) in [5, 5.41) is 3.69. The van der Waals surface area contributed by atoms with Crippen molar-refractivity contribution < 1.29 is 19.0 Å². The summed E-state index contributed by atoms with van der Waals surface area (Å²) in [5.41, 5.74) is 5.27. The van der Waals surface area contributed by atoms with Gasteiger partial charge < -0.3 is 19.5 Å². The third-order valence-electron chi connectivity index (χ3n) is 8.25. The number of hydrogen-bond acceptors (Lipinski definition) is 6. The number of rotatable bonds is 5. The average Bonchev–Trinajstić information content (AvgIpc) is 3.53. The monoisotopic (exact) mass is 460 g/mol. The Morgan fingerprint density at radius 3 is 2.62 bits per heavy atom. The van der Waals surface area contributed by atoms with Gasteiger partial charge in [-0.15, -0.1) is 0 Å². The molecule has 2 fully saturated rings. The van der Waals surface area contributed by atoms with Gasteiger partial charge in [0, 0.05) is 36.9 Å². The molecule has 0 amide bonds. The fourth-order valence-corrected chi connectivity index (χ4v) is 6.86. The molecule has 1 aliphatic carbocycles. The number of benzene rings is 2. The maximum absolute atomic E-state index is 13.3. The van der Waals surface area contributed by atoms with Crippen LogP contribution in [-0.2, 0) is 31.0 Å². The largest absolute Gasteiger partial charge is 0.466 e. The number of hydrogen-bond donors (Lipinski definition) is 1. The van der Waals surface area contributed by atoms with Gasteiger partial charge >= 0.3 is 5.97 Å². The number of nitrogens with zero attached hydrogens (tertiary/aromatic N) is 1. The van der Waals surface area contributed by atoms with Gasteiger partial charge in [0.05, 0.1) is 31.3 Å². The summed E-state index contributed by atoms with van der Waals surface area (Å²) in [6.07, 6.45) is 2.46. The average molecular weight is 461 g/mol. The molecule has 6 rings (SSSR count). The predicted octanol–water partition coefficient (Wildman–Crippen LogP) is 4.22. The molecule has 3 heterocycles. The molecular formula is C28H32N2O4. The minimum Gasteiger partial charge on any atom is -0.466 e. The number of methoxy groups -OCH3 is 1. The van der Waals surface area contributed by atoms with E-state index in [1.54, 1.807) is 0 Å². The lowest BCUT2D eigenvalue weighted by atomic mass is 9.63. The van der Waals surface area contributed by atoms with Crippen LogP contribution in [0.3, 0.4) is 0 Å². The third kappa shape index (κ3) is 3.31. The minimum absolute atomic E-state index is 0.0261. The van der Waals surface area contributed by atoms with E-state index in [0.717, 1.165) is 42.9 Å². The molecule has 3 atom stereocenters. The van der Waals surface area contributed by atoms with Crippen LogP contribution in [0.4, 0.5) is 5.69 Å². The standard InChI is InChI=1S/C28H32N2O4/c1-27(33-14-15-34-27)17-20-16-23-28(12-13-30(23)18-19-8-4-3-5-9-19)21-10-6-7-11-22(21)29-25(28)24(20)26(31)32-2/h3-11,20,23,29H,12-18H2,1-2H3/t20-,23-,28+/m0/s1. The molecule has 2 aromatic carbocycles. The zero-order valence-corrected chi connectivity index (χ0v) is 19.9. The predicted molar refractivity (Wildman–Crippen MR) is 129 cm³/mol. The Kier molecular flexibility index (Phi) is 5.28. The maximum Gasteiger partial charge on any atom is 0.335 e. The number of esters is 1. The highest BCUT2D eigenvalue weighted by molar-refractivity contribution is 5.93. The number of fused-ring (bicyclic) bond motifs is 1. The third-order valence-corrected chi connectivity index (χ3v) is 8.25. The van der Waals surface area contributed by atoms with E-state index < -0.39 is 5.79 Å².